The first-order valence-electron chi connectivity index (χ1n) is 6.74. The van der Waals surface area contributed by atoms with Gasteiger partial charge < -0.3 is 15.0 Å². The first kappa shape index (κ1) is 12.4. The highest BCUT2D eigenvalue weighted by molar-refractivity contribution is 5.92. The van der Waals surface area contributed by atoms with Crippen LogP contribution in [-0.4, -0.2) is 38.3 Å². The molecule has 1 aliphatic rings. The van der Waals surface area contributed by atoms with Crippen molar-refractivity contribution >= 4 is 16.6 Å². The van der Waals surface area contributed by atoms with Crippen molar-refractivity contribution in [3.63, 3.8) is 0 Å². The molecular formula is C15H19N3O. The van der Waals surface area contributed by atoms with E-state index in [1.165, 1.54) is 11.1 Å². The van der Waals surface area contributed by atoms with Gasteiger partial charge in [-0.15, -0.1) is 0 Å². The molecule has 2 heterocycles. The van der Waals surface area contributed by atoms with Crippen LogP contribution in [0.15, 0.2) is 30.3 Å². The average molecular weight is 257 g/mol. The van der Waals surface area contributed by atoms with Crippen LogP contribution in [0.3, 0.4) is 0 Å². The molecule has 1 aromatic heterocycles. The summed E-state index contributed by atoms with van der Waals surface area (Å²) in [5.41, 5.74) is 3.43. The Morgan fingerprint density at radius 2 is 2.05 bits per heavy atom. The highest BCUT2D eigenvalue weighted by Crippen LogP contribution is 2.27. The average Bonchev–Trinajstić information content (AvgIpc) is 2.48. The lowest BCUT2D eigenvalue weighted by atomic mass is 10.1. The lowest BCUT2D eigenvalue weighted by molar-refractivity contribution is 0.123. The molecule has 1 aliphatic heterocycles. The molecule has 3 rings (SSSR count). The van der Waals surface area contributed by atoms with E-state index in [1.54, 1.807) is 0 Å². The largest absolute Gasteiger partial charge is 0.378 e. The van der Waals surface area contributed by atoms with E-state index in [1.807, 2.05) is 13.1 Å². The van der Waals surface area contributed by atoms with Crippen LogP contribution in [0.2, 0.25) is 0 Å². The number of rotatable bonds is 3. The van der Waals surface area contributed by atoms with Crippen molar-refractivity contribution in [3.05, 3.63) is 36.0 Å². The van der Waals surface area contributed by atoms with Gasteiger partial charge in [-0.25, -0.2) is 0 Å². The molecule has 1 aromatic carbocycles. The smallest absolute Gasteiger partial charge is 0.0726 e. The normalized spacial score (nSPS) is 15.9. The third-order valence-electron chi connectivity index (χ3n) is 3.46. The van der Waals surface area contributed by atoms with Crippen molar-refractivity contribution in [2.24, 2.45) is 0 Å². The van der Waals surface area contributed by atoms with E-state index in [9.17, 15) is 0 Å². The Bertz CT molecular complexity index is 564. The van der Waals surface area contributed by atoms with Gasteiger partial charge in [-0.3, -0.25) is 4.98 Å². The van der Waals surface area contributed by atoms with Crippen molar-refractivity contribution in [2.45, 2.75) is 6.54 Å². The maximum Gasteiger partial charge on any atom is 0.0726 e. The van der Waals surface area contributed by atoms with Crippen LogP contribution in [0, 0.1) is 0 Å². The zero-order valence-electron chi connectivity index (χ0n) is 11.2. The summed E-state index contributed by atoms with van der Waals surface area (Å²) in [6, 6.07) is 10.5. The lowest BCUT2D eigenvalue weighted by Crippen LogP contribution is -2.36. The van der Waals surface area contributed by atoms with Gasteiger partial charge in [-0.1, -0.05) is 18.2 Å². The first-order chi connectivity index (χ1) is 9.38. The van der Waals surface area contributed by atoms with E-state index >= 15 is 0 Å². The van der Waals surface area contributed by atoms with Crippen LogP contribution in [0.1, 0.15) is 5.69 Å². The topological polar surface area (TPSA) is 37.4 Å². The number of benzene rings is 1. The Morgan fingerprint density at radius 1 is 1.26 bits per heavy atom. The molecule has 2 aromatic rings. The molecule has 4 heteroatoms. The molecule has 0 unspecified atom stereocenters. The minimum atomic E-state index is 0.794. The number of anilines is 1. The van der Waals surface area contributed by atoms with Gasteiger partial charge in [0.15, 0.2) is 0 Å². The number of morpholine rings is 1. The molecule has 0 amide bonds. The Hall–Kier alpha value is -1.65. The van der Waals surface area contributed by atoms with Crippen LogP contribution >= 0.6 is 0 Å². The Kier molecular flexibility index (Phi) is 3.62. The Labute approximate surface area is 113 Å². The van der Waals surface area contributed by atoms with Gasteiger partial charge in [-0.05, 0) is 19.2 Å². The van der Waals surface area contributed by atoms with Crippen molar-refractivity contribution in [3.8, 4) is 0 Å². The number of hydrogen-bond donors (Lipinski definition) is 1. The number of hydrogen-bond acceptors (Lipinski definition) is 4. The van der Waals surface area contributed by atoms with E-state index in [0.717, 1.165) is 44.1 Å². The third-order valence-corrected chi connectivity index (χ3v) is 3.46. The number of fused-ring (bicyclic) bond motifs is 1. The molecule has 0 spiro atoms. The predicted molar refractivity (Wildman–Crippen MR) is 77.5 cm³/mol. The highest BCUT2D eigenvalue weighted by Gasteiger charge is 2.15. The summed E-state index contributed by atoms with van der Waals surface area (Å²) in [7, 11) is 1.95. The Balaban J connectivity index is 2.08. The summed E-state index contributed by atoms with van der Waals surface area (Å²) in [4.78, 5) is 7.10. The van der Waals surface area contributed by atoms with Gasteiger partial charge in [0.1, 0.15) is 0 Å². The van der Waals surface area contributed by atoms with Gasteiger partial charge in [-0.2, -0.15) is 0 Å². The second-order valence-corrected chi connectivity index (χ2v) is 4.78. The fourth-order valence-electron chi connectivity index (χ4n) is 2.55. The van der Waals surface area contributed by atoms with Crippen LogP contribution in [-0.2, 0) is 11.3 Å². The number of ether oxygens (including phenoxy) is 1. The summed E-state index contributed by atoms with van der Waals surface area (Å²) < 4.78 is 5.44. The number of nitrogens with one attached hydrogen (secondary N) is 1. The minimum absolute atomic E-state index is 0.794. The molecule has 19 heavy (non-hydrogen) atoms. The fourth-order valence-corrected chi connectivity index (χ4v) is 2.55. The summed E-state index contributed by atoms with van der Waals surface area (Å²) in [5, 5.41) is 4.40. The quantitative estimate of drug-likeness (QED) is 0.909. The van der Waals surface area contributed by atoms with Crippen LogP contribution < -0.4 is 10.2 Å². The van der Waals surface area contributed by atoms with Crippen molar-refractivity contribution in [2.75, 3.05) is 38.3 Å². The molecule has 0 aliphatic carbocycles. The number of aromatic nitrogens is 1. The molecule has 0 radical (unpaired) electrons. The lowest BCUT2D eigenvalue weighted by Gasteiger charge is -2.30. The van der Waals surface area contributed by atoms with Gasteiger partial charge in [0.25, 0.3) is 0 Å². The molecule has 1 saturated heterocycles. The van der Waals surface area contributed by atoms with Gasteiger partial charge >= 0.3 is 0 Å². The zero-order chi connectivity index (χ0) is 13.1. The van der Waals surface area contributed by atoms with E-state index in [2.05, 4.69) is 34.5 Å². The standard InChI is InChI=1S/C15H19N3O/c1-16-11-12-10-15(18-6-8-19-9-7-18)13-4-2-3-5-14(13)17-12/h2-5,10,16H,6-9,11H2,1H3. The Morgan fingerprint density at radius 3 is 2.84 bits per heavy atom. The van der Waals surface area contributed by atoms with Gasteiger partial charge in [0, 0.05) is 30.7 Å². The molecule has 0 saturated carbocycles. The summed E-state index contributed by atoms with van der Waals surface area (Å²) in [6.45, 7) is 4.30. The molecule has 1 N–H and O–H groups in total. The minimum Gasteiger partial charge on any atom is -0.378 e. The maximum absolute atomic E-state index is 5.44. The SMILES string of the molecule is CNCc1cc(N2CCOCC2)c2ccccc2n1. The van der Waals surface area contributed by atoms with Gasteiger partial charge in [0.2, 0.25) is 0 Å². The second kappa shape index (κ2) is 5.55. The molecule has 1 fully saturated rings. The fraction of sp³-hybridized carbons (Fsp3) is 0.400. The molecule has 4 nitrogen and oxygen atoms in total. The maximum atomic E-state index is 5.44. The number of nitrogens with zero attached hydrogens (tertiary/aromatic N) is 2. The van der Waals surface area contributed by atoms with Crippen molar-refractivity contribution < 1.29 is 4.74 Å². The van der Waals surface area contributed by atoms with E-state index < -0.39 is 0 Å². The van der Waals surface area contributed by atoms with Crippen molar-refractivity contribution in [1.29, 1.82) is 0 Å². The molecule has 0 bridgehead atoms. The second-order valence-electron chi connectivity index (χ2n) is 4.78. The molecular weight excluding hydrogens is 238 g/mol. The number of pyridine rings is 1. The van der Waals surface area contributed by atoms with Crippen LogP contribution in [0.4, 0.5) is 5.69 Å². The van der Waals surface area contributed by atoms with Crippen molar-refractivity contribution in [1.82, 2.24) is 10.3 Å². The summed E-state index contributed by atoms with van der Waals surface area (Å²) in [6.07, 6.45) is 0. The zero-order valence-corrected chi connectivity index (χ0v) is 11.2. The summed E-state index contributed by atoms with van der Waals surface area (Å²) in [5.74, 6) is 0. The third kappa shape index (κ3) is 2.55. The molecule has 100 valence electrons. The van der Waals surface area contributed by atoms with Crippen LogP contribution in [0.25, 0.3) is 10.9 Å². The summed E-state index contributed by atoms with van der Waals surface area (Å²) >= 11 is 0. The highest BCUT2D eigenvalue weighted by atomic mass is 16.5. The predicted octanol–water partition coefficient (Wildman–Crippen LogP) is 1.79. The monoisotopic (exact) mass is 257 g/mol. The van der Waals surface area contributed by atoms with E-state index in [4.69, 9.17) is 9.72 Å². The number of para-hydroxylation sites is 1. The van der Waals surface area contributed by atoms with E-state index in [0.29, 0.717) is 0 Å². The molecule has 0 atom stereocenters. The first-order valence-corrected chi connectivity index (χ1v) is 6.74. The van der Waals surface area contributed by atoms with E-state index in [-0.39, 0.29) is 0 Å². The van der Waals surface area contributed by atoms with Crippen LogP contribution in [0.5, 0.6) is 0 Å². The van der Waals surface area contributed by atoms with Gasteiger partial charge in [0.05, 0.1) is 24.4 Å².